The van der Waals surface area contributed by atoms with Crippen LogP contribution in [0.15, 0.2) is 12.4 Å². The lowest BCUT2D eigenvalue weighted by atomic mass is 10.0. The summed E-state index contributed by atoms with van der Waals surface area (Å²) in [5.41, 5.74) is 6.67. The molecular formula is C10H18N4O. The maximum absolute atomic E-state index is 11.8. The number of nitrogens with two attached hydrogens (primary N) is 1. The van der Waals surface area contributed by atoms with E-state index in [1.54, 1.807) is 24.3 Å². The predicted octanol–water partition coefficient (Wildman–Crippen LogP) is 0.351. The average molecular weight is 210 g/mol. The maximum Gasteiger partial charge on any atom is 0.226 e. The number of carbonyl (C=O) groups is 1. The third-order valence-electron chi connectivity index (χ3n) is 2.53. The normalized spacial score (nSPS) is 14.7. The minimum Gasteiger partial charge on any atom is -0.341 e. The summed E-state index contributed by atoms with van der Waals surface area (Å²) in [6, 6.07) is -0.121. The first-order chi connectivity index (χ1) is 7.02. The Morgan fingerprint density at radius 1 is 1.67 bits per heavy atom. The van der Waals surface area contributed by atoms with E-state index >= 15 is 0 Å². The molecule has 0 radical (unpaired) electrons. The Balaban J connectivity index is 2.54. The van der Waals surface area contributed by atoms with Gasteiger partial charge in [-0.2, -0.15) is 5.10 Å². The molecule has 84 valence electrons. The summed E-state index contributed by atoms with van der Waals surface area (Å²) in [7, 11) is 1.77. The molecular weight excluding hydrogens is 192 g/mol. The highest BCUT2D eigenvalue weighted by Gasteiger charge is 2.20. The van der Waals surface area contributed by atoms with Gasteiger partial charge in [-0.15, -0.1) is 0 Å². The second-order valence-corrected chi connectivity index (χ2v) is 3.95. The molecule has 1 heterocycles. The molecule has 3 N–H and O–H groups in total. The van der Waals surface area contributed by atoms with E-state index in [0.717, 1.165) is 5.56 Å². The number of aromatic amines is 1. The number of rotatable bonds is 4. The number of hydrogen-bond acceptors (Lipinski definition) is 3. The topological polar surface area (TPSA) is 75.0 Å². The number of carbonyl (C=O) groups excluding carboxylic acids is 1. The van der Waals surface area contributed by atoms with E-state index in [9.17, 15) is 4.79 Å². The molecule has 1 amide bonds. The molecule has 1 aromatic heterocycles. The Morgan fingerprint density at radius 2 is 2.33 bits per heavy atom. The lowest BCUT2D eigenvalue weighted by Gasteiger charge is -2.22. The quantitative estimate of drug-likeness (QED) is 0.753. The van der Waals surface area contributed by atoms with Crippen molar-refractivity contribution in [3.8, 4) is 0 Å². The first kappa shape index (κ1) is 11.7. The fourth-order valence-electron chi connectivity index (χ4n) is 1.29. The van der Waals surface area contributed by atoms with Crippen LogP contribution in [0.3, 0.4) is 0 Å². The third-order valence-corrected chi connectivity index (χ3v) is 2.53. The monoisotopic (exact) mass is 210 g/mol. The highest BCUT2D eigenvalue weighted by atomic mass is 16.2. The van der Waals surface area contributed by atoms with Gasteiger partial charge >= 0.3 is 0 Å². The molecule has 5 heteroatoms. The van der Waals surface area contributed by atoms with Gasteiger partial charge in [-0.25, -0.2) is 0 Å². The smallest absolute Gasteiger partial charge is 0.226 e. The molecule has 0 spiro atoms. The van der Waals surface area contributed by atoms with Crippen LogP contribution < -0.4 is 5.73 Å². The molecule has 0 saturated carbocycles. The molecule has 2 atom stereocenters. The van der Waals surface area contributed by atoms with Crippen molar-refractivity contribution >= 4 is 5.91 Å². The van der Waals surface area contributed by atoms with Crippen LogP contribution in [0.25, 0.3) is 0 Å². The fraction of sp³-hybridized carbons (Fsp3) is 0.600. The molecule has 0 aliphatic carbocycles. The predicted molar refractivity (Wildman–Crippen MR) is 57.9 cm³/mol. The van der Waals surface area contributed by atoms with Gasteiger partial charge in [0.15, 0.2) is 0 Å². The zero-order chi connectivity index (χ0) is 11.4. The highest BCUT2D eigenvalue weighted by molar-refractivity contribution is 5.78. The van der Waals surface area contributed by atoms with Crippen molar-refractivity contribution in [1.29, 1.82) is 0 Å². The van der Waals surface area contributed by atoms with Gasteiger partial charge < -0.3 is 10.6 Å². The van der Waals surface area contributed by atoms with Crippen LogP contribution in [-0.4, -0.2) is 34.1 Å². The first-order valence-electron chi connectivity index (χ1n) is 5.00. The summed E-state index contributed by atoms with van der Waals surface area (Å²) in [6.07, 6.45) is 3.49. The molecule has 5 nitrogen and oxygen atoms in total. The van der Waals surface area contributed by atoms with Crippen molar-refractivity contribution in [2.45, 2.75) is 26.4 Å². The van der Waals surface area contributed by atoms with E-state index < -0.39 is 0 Å². The Hall–Kier alpha value is -1.36. The molecule has 1 aromatic rings. The number of H-pyrrole nitrogens is 1. The molecule has 0 bridgehead atoms. The zero-order valence-electron chi connectivity index (χ0n) is 9.40. The number of aromatic nitrogens is 2. The molecule has 0 aliphatic heterocycles. The molecule has 1 rings (SSSR count). The van der Waals surface area contributed by atoms with Gasteiger partial charge in [0.2, 0.25) is 5.91 Å². The van der Waals surface area contributed by atoms with Crippen molar-refractivity contribution in [2.24, 2.45) is 11.7 Å². The van der Waals surface area contributed by atoms with Gasteiger partial charge in [-0.1, -0.05) is 6.92 Å². The van der Waals surface area contributed by atoms with Gasteiger partial charge in [0.1, 0.15) is 0 Å². The molecule has 0 aliphatic rings. The third kappa shape index (κ3) is 3.06. The summed E-state index contributed by atoms with van der Waals surface area (Å²) in [5.74, 6) is -0.0897. The summed E-state index contributed by atoms with van der Waals surface area (Å²) in [5, 5.41) is 6.54. The summed E-state index contributed by atoms with van der Waals surface area (Å²) in [4.78, 5) is 13.5. The van der Waals surface area contributed by atoms with E-state index in [2.05, 4.69) is 10.2 Å². The zero-order valence-corrected chi connectivity index (χ0v) is 9.40. The van der Waals surface area contributed by atoms with E-state index in [4.69, 9.17) is 5.73 Å². The number of nitrogens with one attached hydrogen (secondary N) is 1. The van der Waals surface area contributed by atoms with E-state index in [1.165, 1.54) is 0 Å². The SMILES string of the molecule is CC(N)C(C)C(=O)N(C)Cc1cn[nH]c1. The fourth-order valence-corrected chi connectivity index (χ4v) is 1.29. The summed E-state index contributed by atoms with van der Waals surface area (Å²) < 4.78 is 0. The largest absolute Gasteiger partial charge is 0.341 e. The second kappa shape index (κ2) is 4.93. The van der Waals surface area contributed by atoms with Crippen molar-refractivity contribution in [3.05, 3.63) is 18.0 Å². The van der Waals surface area contributed by atoms with Gasteiger partial charge in [-0.05, 0) is 6.92 Å². The van der Waals surface area contributed by atoms with Crippen LogP contribution in [0.1, 0.15) is 19.4 Å². The molecule has 0 saturated heterocycles. The minimum absolute atomic E-state index is 0.0613. The Kier molecular flexibility index (Phi) is 3.85. The average Bonchev–Trinajstić information content (AvgIpc) is 2.67. The van der Waals surface area contributed by atoms with Gasteiger partial charge in [0, 0.05) is 31.4 Å². The van der Waals surface area contributed by atoms with Crippen LogP contribution in [0.5, 0.6) is 0 Å². The van der Waals surface area contributed by atoms with Gasteiger partial charge in [0.05, 0.1) is 12.1 Å². The van der Waals surface area contributed by atoms with Crippen molar-refractivity contribution in [3.63, 3.8) is 0 Å². The van der Waals surface area contributed by atoms with Crippen molar-refractivity contribution in [1.82, 2.24) is 15.1 Å². The van der Waals surface area contributed by atoms with Gasteiger partial charge in [-0.3, -0.25) is 9.89 Å². The minimum atomic E-state index is -0.151. The van der Waals surface area contributed by atoms with E-state index in [1.807, 2.05) is 13.8 Å². The number of nitrogens with zero attached hydrogens (tertiary/aromatic N) is 2. The Morgan fingerprint density at radius 3 is 2.80 bits per heavy atom. The van der Waals surface area contributed by atoms with Crippen LogP contribution >= 0.6 is 0 Å². The van der Waals surface area contributed by atoms with Crippen molar-refractivity contribution < 1.29 is 4.79 Å². The first-order valence-corrected chi connectivity index (χ1v) is 5.00. The summed E-state index contributed by atoms with van der Waals surface area (Å²) >= 11 is 0. The van der Waals surface area contributed by atoms with Crippen molar-refractivity contribution in [2.75, 3.05) is 7.05 Å². The molecule has 0 fully saturated rings. The van der Waals surface area contributed by atoms with Crippen LogP contribution in [0.4, 0.5) is 0 Å². The Labute approximate surface area is 89.6 Å². The number of hydrogen-bond donors (Lipinski definition) is 2. The lowest BCUT2D eigenvalue weighted by Crippen LogP contribution is -2.39. The van der Waals surface area contributed by atoms with Crippen LogP contribution in [-0.2, 0) is 11.3 Å². The number of amides is 1. The standard InChI is InChI=1S/C10H18N4O/c1-7(8(2)11)10(15)14(3)6-9-4-12-13-5-9/h4-5,7-8H,6,11H2,1-3H3,(H,12,13). The van der Waals surface area contributed by atoms with Crippen LogP contribution in [0.2, 0.25) is 0 Å². The molecule has 15 heavy (non-hydrogen) atoms. The molecule has 0 aromatic carbocycles. The van der Waals surface area contributed by atoms with Crippen LogP contribution in [0, 0.1) is 5.92 Å². The highest BCUT2D eigenvalue weighted by Crippen LogP contribution is 2.07. The lowest BCUT2D eigenvalue weighted by molar-refractivity contribution is -0.134. The second-order valence-electron chi connectivity index (χ2n) is 3.95. The van der Waals surface area contributed by atoms with Gasteiger partial charge in [0.25, 0.3) is 0 Å². The Bertz CT molecular complexity index is 307. The van der Waals surface area contributed by atoms with E-state index in [-0.39, 0.29) is 17.9 Å². The maximum atomic E-state index is 11.8. The van der Waals surface area contributed by atoms with E-state index in [0.29, 0.717) is 6.54 Å². The molecule has 2 unspecified atom stereocenters. The summed E-state index contributed by atoms with van der Waals surface area (Å²) in [6.45, 7) is 4.25.